The maximum absolute atomic E-state index is 4.79. The molecule has 1 aliphatic heterocycles. The van der Waals surface area contributed by atoms with Gasteiger partial charge < -0.3 is 0 Å². The molecule has 1 saturated heterocycles. The van der Waals surface area contributed by atoms with E-state index in [9.17, 15) is 0 Å². The quantitative estimate of drug-likeness (QED) is 0.369. The zero-order chi connectivity index (χ0) is 8.10. The lowest BCUT2D eigenvalue weighted by atomic mass is 10.1. The van der Waals surface area contributed by atoms with Gasteiger partial charge in [0.2, 0.25) is 0 Å². The van der Waals surface area contributed by atoms with Crippen LogP contribution in [0.4, 0.5) is 0 Å². The van der Waals surface area contributed by atoms with Crippen LogP contribution in [0.15, 0.2) is 12.2 Å². The summed E-state index contributed by atoms with van der Waals surface area (Å²) in [5, 5.41) is 0.602. The highest BCUT2D eigenvalue weighted by atomic mass is 32.2. The zero-order valence-electron chi connectivity index (χ0n) is 6.84. The summed E-state index contributed by atoms with van der Waals surface area (Å²) in [7, 11) is 1.52. The van der Waals surface area contributed by atoms with Crippen molar-refractivity contribution in [3.05, 3.63) is 12.2 Å². The monoisotopic (exact) mass is 174 g/mol. The van der Waals surface area contributed by atoms with Crippen molar-refractivity contribution in [1.29, 1.82) is 0 Å². The highest BCUT2D eigenvalue weighted by Gasteiger charge is 2.18. The predicted molar refractivity (Wildman–Crippen MR) is 47.6 cm³/mol. The Labute approximate surface area is 71.9 Å². The molecule has 0 aliphatic carbocycles. The predicted octanol–water partition coefficient (Wildman–Crippen LogP) is 2.02. The lowest BCUT2D eigenvalue weighted by Gasteiger charge is -2.10. The Hall–Kier alpha value is 0.0100. The van der Waals surface area contributed by atoms with Gasteiger partial charge in [-0.3, -0.25) is 0 Å². The molecule has 0 spiro atoms. The molecular formula is C8H14O2S. The smallest absolute Gasteiger partial charge is 0.104 e. The van der Waals surface area contributed by atoms with Crippen LogP contribution in [-0.4, -0.2) is 24.7 Å². The summed E-state index contributed by atoms with van der Waals surface area (Å²) in [6.45, 7) is 4.48. The molecule has 11 heavy (non-hydrogen) atoms. The summed E-state index contributed by atoms with van der Waals surface area (Å²) in [4.78, 5) is 9.30. The molecule has 0 aromatic rings. The van der Waals surface area contributed by atoms with E-state index in [2.05, 4.69) is 11.5 Å². The van der Waals surface area contributed by atoms with Gasteiger partial charge in [0.25, 0.3) is 0 Å². The summed E-state index contributed by atoms with van der Waals surface area (Å²) < 4.78 is 0. The summed E-state index contributed by atoms with van der Waals surface area (Å²) in [6, 6.07) is 0. The third-order valence-electron chi connectivity index (χ3n) is 1.75. The van der Waals surface area contributed by atoms with Gasteiger partial charge in [0, 0.05) is 5.25 Å². The van der Waals surface area contributed by atoms with E-state index in [1.54, 1.807) is 0 Å². The molecule has 1 atom stereocenters. The van der Waals surface area contributed by atoms with Crippen LogP contribution in [0.5, 0.6) is 0 Å². The van der Waals surface area contributed by atoms with E-state index >= 15 is 0 Å². The fourth-order valence-electron chi connectivity index (χ4n) is 1.13. The minimum Gasteiger partial charge on any atom is -0.240 e. The molecule has 64 valence electrons. The summed E-state index contributed by atoms with van der Waals surface area (Å²) in [6.07, 6.45) is 2.55. The first kappa shape index (κ1) is 9.10. The molecule has 0 amide bonds. The molecule has 0 aromatic carbocycles. The van der Waals surface area contributed by atoms with E-state index in [1.165, 1.54) is 25.7 Å². The van der Waals surface area contributed by atoms with Crippen LogP contribution in [0.25, 0.3) is 0 Å². The molecule has 0 radical (unpaired) electrons. The number of hydrogen-bond acceptors (Lipinski definition) is 3. The minimum absolute atomic E-state index is 0.536. The van der Waals surface area contributed by atoms with Gasteiger partial charge >= 0.3 is 0 Å². The van der Waals surface area contributed by atoms with E-state index in [0.717, 1.165) is 5.57 Å². The summed E-state index contributed by atoms with van der Waals surface area (Å²) in [5.41, 5.74) is 1.15. The molecule has 1 rings (SSSR count). The third kappa shape index (κ3) is 2.85. The van der Waals surface area contributed by atoms with Gasteiger partial charge in [-0.1, -0.05) is 6.58 Å². The van der Waals surface area contributed by atoms with Crippen LogP contribution in [0.2, 0.25) is 0 Å². The SMILES string of the molecule is C=C(COOC)C1CCCS1. The molecule has 0 N–H and O–H groups in total. The Morgan fingerprint density at radius 1 is 1.73 bits per heavy atom. The Morgan fingerprint density at radius 3 is 3.09 bits per heavy atom. The van der Waals surface area contributed by atoms with Gasteiger partial charge in [-0.2, -0.15) is 11.8 Å². The minimum atomic E-state index is 0.536. The molecule has 0 aromatic heterocycles. The van der Waals surface area contributed by atoms with E-state index in [0.29, 0.717) is 11.9 Å². The van der Waals surface area contributed by atoms with Crippen LogP contribution in [0.3, 0.4) is 0 Å². The highest BCUT2D eigenvalue weighted by molar-refractivity contribution is 8.00. The molecule has 1 fully saturated rings. The summed E-state index contributed by atoms with van der Waals surface area (Å²) in [5.74, 6) is 1.26. The van der Waals surface area contributed by atoms with Gasteiger partial charge in [0.05, 0.1) is 7.11 Å². The number of hydrogen-bond donors (Lipinski definition) is 0. The average Bonchev–Trinajstić information content (AvgIpc) is 2.52. The first-order valence-electron chi connectivity index (χ1n) is 3.79. The summed E-state index contributed by atoms with van der Waals surface area (Å²) >= 11 is 1.97. The maximum Gasteiger partial charge on any atom is 0.104 e. The topological polar surface area (TPSA) is 18.5 Å². The van der Waals surface area contributed by atoms with Crippen LogP contribution >= 0.6 is 11.8 Å². The van der Waals surface area contributed by atoms with Crippen molar-refractivity contribution in [3.8, 4) is 0 Å². The largest absolute Gasteiger partial charge is 0.240 e. The normalized spacial score (nSPS) is 23.9. The van der Waals surface area contributed by atoms with Crippen molar-refractivity contribution in [2.24, 2.45) is 0 Å². The van der Waals surface area contributed by atoms with Crippen molar-refractivity contribution < 1.29 is 9.78 Å². The van der Waals surface area contributed by atoms with Crippen LogP contribution in [-0.2, 0) is 9.78 Å². The molecule has 0 bridgehead atoms. The van der Waals surface area contributed by atoms with Crippen LogP contribution in [0, 0.1) is 0 Å². The standard InChI is InChI=1S/C8H14O2S/c1-7(6-10-9-2)8-4-3-5-11-8/h8H,1,3-6H2,2H3. The van der Waals surface area contributed by atoms with Crippen molar-refractivity contribution in [1.82, 2.24) is 0 Å². The third-order valence-corrected chi connectivity index (χ3v) is 3.24. The Morgan fingerprint density at radius 2 is 2.55 bits per heavy atom. The van der Waals surface area contributed by atoms with Crippen LogP contribution in [0.1, 0.15) is 12.8 Å². The van der Waals surface area contributed by atoms with E-state index < -0.39 is 0 Å². The van der Waals surface area contributed by atoms with Crippen molar-refractivity contribution in [2.75, 3.05) is 19.5 Å². The zero-order valence-corrected chi connectivity index (χ0v) is 7.65. The Kier molecular flexibility index (Phi) is 3.97. The van der Waals surface area contributed by atoms with E-state index in [-0.39, 0.29) is 0 Å². The molecule has 2 nitrogen and oxygen atoms in total. The lowest BCUT2D eigenvalue weighted by Crippen LogP contribution is -2.07. The van der Waals surface area contributed by atoms with Crippen LogP contribution < -0.4 is 0 Å². The van der Waals surface area contributed by atoms with E-state index in [4.69, 9.17) is 4.89 Å². The van der Waals surface area contributed by atoms with Gasteiger partial charge in [-0.05, 0) is 24.2 Å². The van der Waals surface area contributed by atoms with Gasteiger partial charge in [-0.25, -0.2) is 9.78 Å². The fourth-order valence-corrected chi connectivity index (χ4v) is 2.38. The van der Waals surface area contributed by atoms with Gasteiger partial charge in [0.15, 0.2) is 0 Å². The molecule has 3 heteroatoms. The second kappa shape index (κ2) is 4.80. The van der Waals surface area contributed by atoms with E-state index in [1.807, 2.05) is 11.8 Å². The molecule has 1 unspecified atom stereocenters. The number of thioether (sulfide) groups is 1. The second-order valence-corrected chi connectivity index (χ2v) is 3.90. The molecular weight excluding hydrogens is 160 g/mol. The second-order valence-electron chi connectivity index (χ2n) is 2.59. The van der Waals surface area contributed by atoms with Crippen molar-refractivity contribution in [2.45, 2.75) is 18.1 Å². The average molecular weight is 174 g/mol. The fraction of sp³-hybridized carbons (Fsp3) is 0.750. The van der Waals surface area contributed by atoms with Crippen molar-refractivity contribution >= 4 is 11.8 Å². The molecule has 1 heterocycles. The molecule has 0 saturated carbocycles. The van der Waals surface area contributed by atoms with Crippen molar-refractivity contribution in [3.63, 3.8) is 0 Å². The Balaban J connectivity index is 2.17. The van der Waals surface area contributed by atoms with Gasteiger partial charge in [0.1, 0.15) is 6.61 Å². The van der Waals surface area contributed by atoms with Gasteiger partial charge in [-0.15, -0.1) is 0 Å². The first-order valence-corrected chi connectivity index (χ1v) is 4.84. The molecule has 1 aliphatic rings. The first-order chi connectivity index (χ1) is 5.34. The number of rotatable bonds is 4. The highest BCUT2D eigenvalue weighted by Crippen LogP contribution is 2.30. The lowest BCUT2D eigenvalue weighted by molar-refractivity contribution is -0.265. The maximum atomic E-state index is 4.79. The Bertz CT molecular complexity index is 130.